The molecule has 0 radical (unpaired) electrons. The highest BCUT2D eigenvalue weighted by Gasteiger charge is 2.48. The topological polar surface area (TPSA) is 52.7 Å². The molecule has 19 heavy (non-hydrogen) atoms. The molecule has 2 amide bonds. The molecule has 1 saturated carbocycles. The van der Waals surface area contributed by atoms with Crippen molar-refractivity contribution in [3.8, 4) is 0 Å². The van der Waals surface area contributed by atoms with E-state index in [9.17, 15) is 9.59 Å². The van der Waals surface area contributed by atoms with Gasteiger partial charge in [-0.05, 0) is 38.6 Å². The van der Waals surface area contributed by atoms with Gasteiger partial charge in [0.1, 0.15) is 0 Å². The van der Waals surface area contributed by atoms with Crippen molar-refractivity contribution in [3.05, 3.63) is 0 Å². The normalized spacial score (nSPS) is 39.4. The zero-order valence-corrected chi connectivity index (χ0v) is 11.2. The van der Waals surface area contributed by atoms with Crippen LogP contribution in [0.3, 0.4) is 0 Å². The Morgan fingerprint density at radius 2 is 1.89 bits per heavy atom. The van der Waals surface area contributed by atoms with E-state index < -0.39 is 0 Å². The molecule has 4 fully saturated rings. The van der Waals surface area contributed by atoms with Crippen LogP contribution in [0.1, 0.15) is 38.5 Å². The summed E-state index contributed by atoms with van der Waals surface area (Å²) in [6.45, 7) is 2.35. The molecule has 0 aromatic heterocycles. The van der Waals surface area contributed by atoms with Gasteiger partial charge in [0.05, 0.1) is 12.5 Å². The minimum Gasteiger partial charge on any atom is -0.301 e. The molecule has 1 aliphatic carbocycles. The van der Waals surface area contributed by atoms with Crippen molar-refractivity contribution >= 4 is 11.8 Å². The van der Waals surface area contributed by atoms with Crippen molar-refractivity contribution in [1.82, 2.24) is 15.1 Å². The third-order valence-corrected chi connectivity index (χ3v) is 5.12. The van der Waals surface area contributed by atoms with Crippen molar-refractivity contribution in [2.45, 2.75) is 62.7 Å². The number of amides is 2. The van der Waals surface area contributed by atoms with Gasteiger partial charge in [0, 0.05) is 24.7 Å². The lowest BCUT2D eigenvalue weighted by Crippen LogP contribution is -2.48. The van der Waals surface area contributed by atoms with E-state index in [1.807, 2.05) is 0 Å². The minimum atomic E-state index is -0.251. The molecular formula is C14H21N3O2. The summed E-state index contributed by atoms with van der Waals surface area (Å²) in [5.74, 6) is 0.0650. The van der Waals surface area contributed by atoms with Gasteiger partial charge in [-0.1, -0.05) is 0 Å². The number of nitrogens with one attached hydrogen (secondary N) is 1. The van der Waals surface area contributed by atoms with Gasteiger partial charge >= 0.3 is 0 Å². The zero-order valence-electron chi connectivity index (χ0n) is 11.2. The molecule has 104 valence electrons. The fourth-order valence-electron chi connectivity index (χ4n) is 4.03. The first-order valence-corrected chi connectivity index (χ1v) is 7.60. The molecule has 5 nitrogen and oxygen atoms in total. The molecule has 1 N–H and O–H groups in total. The molecule has 5 heteroatoms. The van der Waals surface area contributed by atoms with Crippen LogP contribution in [0.15, 0.2) is 0 Å². The van der Waals surface area contributed by atoms with Gasteiger partial charge < -0.3 is 5.32 Å². The van der Waals surface area contributed by atoms with E-state index in [1.165, 1.54) is 24.3 Å². The predicted octanol–water partition coefficient (Wildman–Crippen LogP) is 0.103. The highest BCUT2D eigenvalue weighted by molar-refractivity contribution is 6.06. The number of nitrogens with zero attached hydrogens (tertiary/aromatic N) is 2. The van der Waals surface area contributed by atoms with Crippen LogP contribution in [-0.2, 0) is 9.59 Å². The van der Waals surface area contributed by atoms with E-state index >= 15 is 0 Å². The molecule has 3 unspecified atom stereocenters. The van der Waals surface area contributed by atoms with Crippen LogP contribution < -0.4 is 5.32 Å². The predicted molar refractivity (Wildman–Crippen MR) is 69.4 cm³/mol. The fraction of sp³-hybridized carbons (Fsp3) is 0.857. The summed E-state index contributed by atoms with van der Waals surface area (Å²) in [4.78, 5) is 28.3. The van der Waals surface area contributed by atoms with Gasteiger partial charge in [-0.3, -0.25) is 19.4 Å². The van der Waals surface area contributed by atoms with Gasteiger partial charge in [0.25, 0.3) is 0 Å². The SMILES string of the molecule is O=C1CC(NC2CCN3CCCC23)C(=O)N1C1CC1. The number of hydrogen-bond donors (Lipinski definition) is 1. The van der Waals surface area contributed by atoms with Crippen molar-refractivity contribution in [3.63, 3.8) is 0 Å². The molecule has 0 bridgehead atoms. The Hall–Kier alpha value is -0.940. The third-order valence-electron chi connectivity index (χ3n) is 5.12. The van der Waals surface area contributed by atoms with E-state index in [4.69, 9.17) is 0 Å². The first-order valence-electron chi connectivity index (χ1n) is 7.60. The Morgan fingerprint density at radius 1 is 1.05 bits per heavy atom. The number of carbonyl (C=O) groups is 2. The van der Waals surface area contributed by atoms with Gasteiger partial charge in [-0.2, -0.15) is 0 Å². The molecule has 3 atom stereocenters. The van der Waals surface area contributed by atoms with Crippen molar-refractivity contribution in [1.29, 1.82) is 0 Å². The Labute approximate surface area is 113 Å². The van der Waals surface area contributed by atoms with E-state index in [-0.39, 0.29) is 23.9 Å². The third kappa shape index (κ3) is 1.91. The number of fused-ring (bicyclic) bond motifs is 1. The maximum Gasteiger partial charge on any atom is 0.247 e. The quantitative estimate of drug-likeness (QED) is 0.734. The minimum absolute atomic E-state index is 0.0314. The zero-order chi connectivity index (χ0) is 13.0. The van der Waals surface area contributed by atoms with E-state index in [2.05, 4.69) is 10.2 Å². The number of carbonyl (C=O) groups excluding carboxylic acids is 2. The van der Waals surface area contributed by atoms with Gasteiger partial charge in [0.15, 0.2) is 0 Å². The molecule has 3 aliphatic heterocycles. The summed E-state index contributed by atoms with van der Waals surface area (Å²) in [5.41, 5.74) is 0. The fourth-order valence-corrected chi connectivity index (χ4v) is 4.03. The van der Waals surface area contributed by atoms with Crippen LogP contribution in [0.2, 0.25) is 0 Å². The van der Waals surface area contributed by atoms with Crippen LogP contribution in [0.4, 0.5) is 0 Å². The Balaban J connectivity index is 1.43. The summed E-state index contributed by atoms with van der Waals surface area (Å²) < 4.78 is 0. The average molecular weight is 263 g/mol. The smallest absolute Gasteiger partial charge is 0.247 e. The highest BCUT2D eigenvalue weighted by Crippen LogP contribution is 2.33. The summed E-state index contributed by atoms with van der Waals surface area (Å²) in [6.07, 6.45) is 6.01. The summed E-state index contributed by atoms with van der Waals surface area (Å²) in [5, 5.41) is 3.49. The lowest BCUT2D eigenvalue weighted by atomic mass is 10.0. The Morgan fingerprint density at radius 3 is 2.68 bits per heavy atom. The highest BCUT2D eigenvalue weighted by atomic mass is 16.2. The van der Waals surface area contributed by atoms with Crippen LogP contribution in [-0.4, -0.2) is 58.9 Å². The lowest BCUT2D eigenvalue weighted by Gasteiger charge is -2.24. The monoisotopic (exact) mass is 263 g/mol. The molecule has 4 rings (SSSR count). The van der Waals surface area contributed by atoms with Crippen molar-refractivity contribution in [2.24, 2.45) is 0 Å². The Kier molecular flexibility index (Phi) is 2.67. The van der Waals surface area contributed by atoms with Crippen LogP contribution in [0.25, 0.3) is 0 Å². The lowest BCUT2D eigenvalue weighted by molar-refractivity contribution is -0.139. The molecule has 0 aromatic rings. The second-order valence-corrected chi connectivity index (χ2v) is 6.40. The van der Waals surface area contributed by atoms with E-state index in [0.717, 1.165) is 25.8 Å². The summed E-state index contributed by atoms with van der Waals surface area (Å²) in [7, 11) is 0. The van der Waals surface area contributed by atoms with Gasteiger partial charge in [0.2, 0.25) is 11.8 Å². The number of hydrogen-bond acceptors (Lipinski definition) is 4. The summed E-state index contributed by atoms with van der Waals surface area (Å²) in [6, 6.07) is 0.971. The largest absolute Gasteiger partial charge is 0.301 e. The molecule has 3 saturated heterocycles. The maximum atomic E-state index is 12.3. The molecule has 0 aromatic carbocycles. The van der Waals surface area contributed by atoms with Crippen LogP contribution in [0, 0.1) is 0 Å². The van der Waals surface area contributed by atoms with Crippen LogP contribution in [0.5, 0.6) is 0 Å². The van der Waals surface area contributed by atoms with Gasteiger partial charge in [-0.15, -0.1) is 0 Å². The second kappa shape index (κ2) is 4.28. The van der Waals surface area contributed by atoms with Crippen molar-refractivity contribution < 1.29 is 9.59 Å². The first-order chi connectivity index (χ1) is 9.24. The second-order valence-electron chi connectivity index (χ2n) is 6.40. The van der Waals surface area contributed by atoms with Crippen molar-refractivity contribution in [2.75, 3.05) is 13.1 Å². The molecule has 4 aliphatic rings. The number of imide groups is 1. The standard InChI is InChI=1S/C14H21N3O2/c18-13-8-11(14(19)17(13)9-3-4-9)15-10-5-7-16-6-1-2-12(10)16/h9-12,15H,1-8H2. The molecular weight excluding hydrogens is 242 g/mol. The Bertz CT molecular complexity index is 421. The molecule has 3 heterocycles. The van der Waals surface area contributed by atoms with E-state index in [0.29, 0.717) is 18.5 Å². The summed E-state index contributed by atoms with van der Waals surface area (Å²) >= 11 is 0. The number of rotatable bonds is 3. The first kappa shape index (κ1) is 11.9. The maximum absolute atomic E-state index is 12.3. The van der Waals surface area contributed by atoms with Crippen LogP contribution >= 0.6 is 0 Å². The number of likely N-dealkylation sites (tertiary alicyclic amines) is 1. The van der Waals surface area contributed by atoms with E-state index in [1.54, 1.807) is 0 Å². The molecule has 0 spiro atoms. The van der Waals surface area contributed by atoms with Gasteiger partial charge in [-0.25, -0.2) is 0 Å². The average Bonchev–Trinajstić information content (AvgIpc) is 2.87.